The normalized spacial score (nSPS) is 12.2. The van der Waals surface area contributed by atoms with E-state index < -0.39 is 0 Å². The van der Waals surface area contributed by atoms with Gasteiger partial charge in [-0.3, -0.25) is 4.79 Å². The Labute approximate surface area is 128 Å². The molecule has 0 saturated heterocycles. The Hall–Kier alpha value is -0.480. The number of carbonyl (C=O) groups is 1. The topological polar surface area (TPSA) is 38.3 Å². The summed E-state index contributed by atoms with van der Waals surface area (Å²) < 4.78 is 5.03. The van der Waals surface area contributed by atoms with Crippen molar-refractivity contribution in [3.63, 3.8) is 0 Å². The monoisotopic (exact) mass is 323 g/mol. The molecule has 1 rings (SSSR count). The highest BCUT2D eigenvalue weighted by Crippen LogP contribution is 2.22. The molecule has 0 saturated carbocycles. The molecule has 0 bridgehead atoms. The van der Waals surface area contributed by atoms with Crippen molar-refractivity contribution in [3.05, 3.63) is 33.8 Å². The largest absolute Gasteiger partial charge is 0.383 e. The first-order chi connectivity index (χ1) is 9.06. The highest BCUT2D eigenvalue weighted by atomic mass is 35.5. The van der Waals surface area contributed by atoms with E-state index in [-0.39, 0.29) is 18.4 Å². The number of benzene rings is 1. The van der Waals surface area contributed by atoms with Crippen LogP contribution in [0.2, 0.25) is 10.0 Å². The van der Waals surface area contributed by atoms with Crippen molar-refractivity contribution in [2.24, 2.45) is 0 Å². The van der Waals surface area contributed by atoms with Crippen LogP contribution in [0.5, 0.6) is 0 Å². The van der Waals surface area contributed by atoms with Gasteiger partial charge >= 0.3 is 0 Å². The number of amides is 1. The van der Waals surface area contributed by atoms with Gasteiger partial charge in [0.15, 0.2) is 0 Å². The van der Waals surface area contributed by atoms with E-state index in [1.165, 1.54) is 0 Å². The van der Waals surface area contributed by atoms with E-state index in [4.69, 9.17) is 39.5 Å². The molecule has 1 amide bonds. The minimum Gasteiger partial charge on any atom is -0.383 e. The summed E-state index contributed by atoms with van der Waals surface area (Å²) in [5, 5.41) is 3.80. The Bertz CT molecular complexity index is 420. The van der Waals surface area contributed by atoms with Gasteiger partial charge in [-0.15, -0.1) is 11.6 Å². The molecule has 106 valence electrons. The summed E-state index contributed by atoms with van der Waals surface area (Å²) in [6.45, 7) is 0.444. The van der Waals surface area contributed by atoms with Gasteiger partial charge in [-0.05, 0) is 24.1 Å². The van der Waals surface area contributed by atoms with Crippen molar-refractivity contribution in [3.8, 4) is 0 Å². The minimum atomic E-state index is -0.0921. The van der Waals surface area contributed by atoms with Gasteiger partial charge in [-0.2, -0.15) is 0 Å². The number of alkyl halides is 1. The second-order valence-electron chi connectivity index (χ2n) is 4.12. The highest BCUT2D eigenvalue weighted by molar-refractivity contribution is 6.42. The van der Waals surface area contributed by atoms with Crippen molar-refractivity contribution >= 4 is 40.7 Å². The summed E-state index contributed by atoms with van der Waals surface area (Å²) in [6.07, 6.45) is 0.919. The molecule has 1 atom stereocenters. The van der Waals surface area contributed by atoms with E-state index in [2.05, 4.69) is 5.32 Å². The van der Waals surface area contributed by atoms with Crippen LogP contribution in [0.1, 0.15) is 12.0 Å². The number of ether oxygens (including phenoxy) is 1. The third kappa shape index (κ3) is 6.00. The number of methoxy groups -OCH3 is 1. The van der Waals surface area contributed by atoms with Crippen molar-refractivity contribution < 1.29 is 9.53 Å². The third-order valence-corrected chi connectivity index (χ3v) is 3.50. The fourth-order valence-corrected chi connectivity index (χ4v) is 2.23. The zero-order chi connectivity index (χ0) is 14.3. The molecule has 0 radical (unpaired) electrons. The molecular formula is C13H16Cl3NO2. The molecule has 1 unspecified atom stereocenters. The van der Waals surface area contributed by atoms with E-state index in [9.17, 15) is 4.79 Å². The van der Waals surface area contributed by atoms with Crippen LogP contribution < -0.4 is 5.32 Å². The van der Waals surface area contributed by atoms with Crippen LogP contribution in [-0.2, 0) is 16.0 Å². The standard InChI is InChI=1S/C13H16Cl3NO2/c1-19-8-10(4-5-14)17-13(18)7-9-2-3-11(15)12(16)6-9/h2-3,6,10H,4-5,7-8H2,1H3,(H,17,18). The lowest BCUT2D eigenvalue weighted by atomic mass is 10.1. The Balaban J connectivity index is 2.55. The first-order valence-electron chi connectivity index (χ1n) is 5.85. The van der Waals surface area contributed by atoms with Gasteiger partial charge in [0.25, 0.3) is 0 Å². The van der Waals surface area contributed by atoms with Crippen LogP contribution in [0.15, 0.2) is 18.2 Å². The molecule has 3 nitrogen and oxygen atoms in total. The molecule has 0 heterocycles. The first kappa shape index (κ1) is 16.6. The van der Waals surface area contributed by atoms with Crippen molar-refractivity contribution in [2.75, 3.05) is 19.6 Å². The van der Waals surface area contributed by atoms with Crippen molar-refractivity contribution in [1.29, 1.82) is 0 Å². The highest BCUT2D eigenvalue weighted by Gasteiger charge is 2.12. The Morgan fingerprint density at radius 3 is 2.68 bits per heavy atom. The molecule has 0 aliphatic rings. The lowest BCUT2D eigenvalue weighted by Gasteiger charge is -2.16. The van der Waals surface area contributed by atoms with Crippen LogP contribution >= 0.6 is 34.8 Å². The van der Waals surface area contributed by atoms with Gasteiger partial charge in [0.1, 0.15) is 0 Å². The number of carbonyl (C=O) groups excluding carboxylic acids is 1. The second kappa shape index (κ2) is 8.64. The molecule has 0 spiro atoms. The van der Waals surface area contributed by atoms with Gasteiger partial charge in [-0.1, -0.05) is 29.3 Å². The van der Waals surface area contributed by atoms with Crippen LogP contribution in [0.4, 0.5) is 0 Å². The van der Waals surface area contributed by atoms with Crippen LogP contribution in [0, 0.1) is 0 Å². The van der Waals surface area contributed by atoms with Gasteiger partial charge in [0, 0.05) is 13.0 Å². The van der Waals surface area contributed by atoms with Gasteiger partial charge in [0.05, 0.1) is 29.1 Å². The average molecular weight is 325 g/mol. The van der Waals surface area contributed by atoms with Crippen molar-refractivity contribution in [1.82, 2.24) is 5.32 Å². The quantitative estimate of drug-likeness (QED) is 0.782. The van der Waals surface area contributed by atoms with Gasteiger partial charge < -0.3 is 10.1 Å². The second-order valence-corrected chi connectivity index (χ2v) is 5.32. The number of rotatable bonds is 7. The molecule has 1 N–H and O–H groups in total. The smallest absolute Gasteiger partial charge is 0.224 e. The minimum absolute atomic E-state index is 0.0715. The number of hydrogen-bond acceptors (Lipinski definition) is 2. The molecule has 0 aromatic heterocycles. The fourth-order valence-electron chi connectivity index (χ4n) is 1.64. The van der Waals surface area contributed by atoms with E-state index in [0.717, 1.165) is 5.56 Å². The van der Waals surface area contributed by atoms with Crippen LogP contribution in [0.25, 0.3) is 0 Å². The molecule has 0 aliphatic heterocycles. The summed E-state index contributed by atoms with van der Waals surface area (Å²) in [5.74, 6) is 0.381. The number of halogens is 3. The fraction of sp³-hybridized carbons (Fsp3) is 0.462. The Morgan fingerprint density at radius 1 is 1.37 bits per heavy atom. The van der Waals surface area contributed by atoms with Crippen molar-refractivity contribution in [2.45, 2.75) is 18.9 Å². The van der Waals surface area contributed by atoms with E-state index in [1.807, 2.05) is 0 Å². The molecule has 6 heteroatoms. The van der Waals surface area contributed by atoms with Crippen LogP contribution in [-0.4, -0.2) is 31.5 Å². The van der Waals surface area contributed by atoms with E-state index in [0.29, 0.717) is 29.0 Å². The zero-order valence-corrected chi connectivity index (χ0v) is 12.9. The molecule has 1 aromatic carbocycles. The maximum atomic E-state index is 11.9. The molecule has 0 aliphatic carbocycles. The summed E-state index contributed by atoms with van der Waals surface area (Å²) in [6, 6.07) is 5.08. The molecule has 1 aromatic rings. The van der Waals surface area contributed by atoms with Gasteiger partial charge in [0.2, 0.25) is 5.91 Å². The predicted octanol–water partition coefficient (Wildman–Crippen LogP) is 3.30. The lowest BCUT2D eigenvalue weighted by molar-refractivity contribution is -0.121. The number of hydrogen-bond donors (Lipinski definition) is 1. The summed E-state index contributed by atoms with van der Waals surface area (Å²) in [7, 11) is 1.59. The predicted molar refractivity (Wildman–Crippen MR) is 79.3 cm³/mol. The maximum absolute atomic E-state index is 11.9. The molecule has 19 heavy (non-hydrogen) atoms. The molecular weight excluding hydrogens is 309 g/mol. The Kier molecular flexibility index (Phi) is 7.54. The molecule has 0 fully saturated rings. The van der Waals surface area contributed by atoms with Crippen LogP contribution in [0.3, 0.4) is 0 Å². The third-order valence-electron chi connectivity index (χ3n) is 2.54. The van der Waals surface area contributed by atoms with Gasteiger partial charge in [-0.25, -0.2) is 0 Å². The number of nitrogens with one attached hydrogen (secondary N) is 1. The Morgan fingerprint density at radius 2 is 2.11 bits per heavy atom. The van der Waals surface area contributed by atoms with E-state index in [1.54, 1.807) is 25.3 Å². The summed E-state index contributed by atoms with van der Waals surface area (Å²) >= 11 is 17.4. The first-order valence-corrected chi connectivity index (χ1v) is 7.14. The maximum Gasteiger partial charge on any atom is 0.224 e. The SMILES string of the molecule is COCC(CCCl)NC(=O)Cc1ccc(Cl)c(Cl)c1. The zero-order valence-electron chi connectivity index (χ0n) is 10.6. The van der Waals surface area contributed by atoms with E-state index >= 15 is 0 Å². The summed E-state index contributed by atoms with van der Waals surface area (Å²) in [5.41, 5.74) is 0.814. The summed E-state index contributed by atoms with van der Waals surface area (Å²) in [4.78, 5) is 11.9. The average Bonchev–Trinajstić information content (AvgIpc) is 2.34. The lowest BCUT2D eigenvalue weighted by Crippen LogP contribution is -2.39.